The molecule has 2 aliphatic heterocycles. The molecule has 5 rings (SSSR count). The predicted molar refractivity (Wildman–Crippen MR) is 108 cm³/mol. The van der Waals surface area contributed by atoms with Crippen molar-refractivity contribution in [2.45, 2.75) is 13.0 Å². The lowest BCUT2D eigenvalue weighted by molar-refractivity contribution is -0.142. The monoisotopic (exact) mass is 423 g/mol. The number of hydrogen-bond donors (Lipinski definition) is 0. The molecular weight excluding hydrogens is 402 g/mol. The summed E-state index contributed by atoms with van der Waals surface area (Å²) < 4.78 is 27.5. The van der Waals surface area contributed by atoms with E-state index in [2.05, 4.69) is 10.1 Å². The lowest BCUT2D eigenvalue weighted by Crippen LogP contribution is -2.44. The fourth-order valence-electron chi connectivity index (χ4n) is 3.53. The van der Waals surface area contributed by atoms with E-state index in [0.29, 0.717) is 48.7 Å². The molecule has 160 valence electrons. The topological polar surface area (TPSA) is 96.2 Å². The van der Waals surface area contributed by atoms with Gasteiger partial charge in [-0.2, -0.15) is 4.98 Å². The van der Waals surface area contributed by atoms with E-state index < -0.39 is 6.10 Å². The number of aryl methyl sites for hydroxylation is 1. The maximum absolute atomic E-state index is 12.7. The fraction of sp³-hybridized carbons (Fsp3) is 0.318. The molecule has 9 heteroatoms. The number of aromatic nitrogens is 2. The summed E-state index contributed by atoms with van der Waals surface area (Å²) in [5.74, 6) is 2.53. The van der Waals surface area contributed by atoms with Crippen LogP contribution in [-0.4, -0.2) is 54.0 Å². The Labute approximate surface area is 178 Å². The van der Waals surface area contributed by atoms with Gasteiger partial charge in [-0.15, -0.1) is 0 Å². The van der Waals surface area contributed by atoms with Gasteiger partial charge in [0.25, 0.3) is 11.8 Å². The highest BCUT2D eigenvalue weighted by atomic mass is 16.7. The first-order chi connectivity index (χ1) is 15.2. The van der Waals surface area contributed by atoms with Crippen LogP contribution in [0.1, 0.15) is 17.6 Å². The van der Waals surface area contributed by atoms with Gasteiger partial charge in [-0.1, -0.05) is 29.4 Å². The normalized spacial score (nSPS) is 17.6. The number of ether oxygens (including phenoxy) is 4. The molecule has 1 fully saturated rings. The van der Waals surface area contributed by atoms with E-state index in [1.165, 1.54) is 0 Å². The summed E-state index contributed by atoms with van der Waals surface area (Å²) in [6, 6.07) is 13.0. The zero-order valence-electron chi connectivity index (χ0n) is 16.9. The van der Waals surface area contributed by atoms with Gasteiger partial charge in [-0.25, -0.2) is 0 Å². The molecule has 2 aliphatic rings. The number of hydrogen-bond acceptors (Lipinski definition) is 8. The van der Waals surface area contributed by atoms with Gasteiger partial charge in [-0.3, -0.25) is 4.79 Å². The molecule has 1 aromatic heterocycles. The predicted octanol–water partition coefficient (Wildman–Crippen LogP) is 2.75. The van der Waals surface area contributed by atoms with E-state index in [4.69, 9.17) is 23.5 Å². The van der Waals surface area contributed by atoms with Crippen molar-refractivity contribution in [1.82, 2.24) is 15.0 Å². The third kappa shape index (κ3) is 4.04. The Kier molecular flexibility index (Phi) is 5.17. The molecule has 0 aliphatic carbocycles. The van der Waals surface area contributed by atoms with Crippen LogP contribution in [0.15, 0.2) is 47.0 Å². The summed E-state index contributed by atoms with van der Waals surface area (Å²) in [7, 11) is 0. The first-order valence-electron chi connectivity index (χ1n) is 9.99. The van der Waals surface area contributed by atoms with Gasteiger partial charge in [0.15, 0.2) is 24.2 Å². The van der Waals surface area contributed by atoms with Gasteiger partial charge in [0.2, 0.25) is 12.6 Å². The standard InChI is InChI=1S/C22H21N3O6/c1-14-4-2-3-5-16(14)21-23-22(31-24-21)19-11-25(8-9-27-19)20(26)12-28-15-6-7-17-18(10-15)30-13-29-17/h2-7,10,19H,8-9,11-13H2,1H3/t19-/m0/s1. The van der Waals surface area contributed by atoms with Crippen LogP contribution >= 0.6 is 0 Å². The van der Waals surface area contributed by atoms with Crippen LogP contribution < -0.4 is 14.2 Å². The van der Waals surface area contributed by atoms with Gasteiger partial charge in [0.1, 0.15) is 5.75 Å². The van der Waals surface area contributed by atoms with Crippen molar-refractivity contribution >= 4 is 5.91 Å². The maximum Gasteiger partial charge on any atom is 0.260 e. The number of morpholine rings is 1. The van der Waals surface area contributed by atoms with Crippen molar-refractivity contribution in [2.24, 2.45) is 0 Å². The highest BCUT2D eigenvalue weighted by molar-refractivity contribution is 5.78. The quantitative estimate of drug-likeness (QED) is 0.618. The molecule has 0 radical (unpaired) electrons. The van der Waals surface area contributed by atoms with Crippen molar-refractivity contribution in [3.8, 4) is 28.6 Å². The van der Waals surface area contributed by atoms with Crippen molar-refractivity contribution in [3.05, 3.63) is 53.9 Å². The van der Waals surface area contributed by atoms with E-state index in [1.54, 1.807) is 23.1 Å². The van der Waals surface area contributed by atoms with E-state index in [0.717, 1.165) is 11.1 Å². The number of carbonyl (C=O) groups excluding carboxylic acids is 1. The zero-order valence-corrected chi connectivity index (χ0v) is 16.9. The first-order valence-corrected chi connectivity index (χ1v) is 9.99. The Morgan fingerprint density at radius 1 is 1.19 bits per heavy atom. The van der Waals surface area contributed by atoms with Crippen molar-refractivity contribution in [3.63, 3.8) is 0 Å². The summed E-state index contributed by atoms with van der Waals surface area (Å²) >= 11 is 0. The largest absolute Gasteiger partial charge is 0.484 e. The molecule has 1 atom stereocenters. The van der Waals surface area contributed by atoms with Gasteiger partial charge >= 0.3 is 0 Å². The Balaban J connectivity index is 1.21. The van der Waals surface area contributed by atoms with E-state index in [1.807, 2.05) is 31.2 Å². The summed E-state index contributed by atoms with van der Waals surface area (Å²) in [6.07, 6.45) is -0.478. The average Bonchev–Trinajstić information content (AvgIpc) is 3.47. The lowest BCUT2D eigenvalue weighted by Gasteiger charge is -2.31. The number of nitrogens with zero attached hydrogens (tertiary/aromatic N) is 3. The van der Waals surface area contributed by atoms with E-state index >= 15 is 0 Å². The minimum absolute atomic E-state index is 0.0926. The molecule has 1 amide bonds. The fourth-order valence-corrected chi connectivity index (χ4v) is 3.53. The Bertz CT molecular complexity index is 1100. The van der Waals surface area contributed by atoms with Gasteiger partial charge in [0.05, 0.1) is 13.2 Å². The molecule has 0 N–H and O–H groups in total. The first kappa shape index (κ1) is 19.4. The molecule has 3 aromatic rings. The SMILES string of the molecule is Cc1ccccc1-c1noc([C@@H]2CN(C(=O)COc3ccc4c(c3)OCO4)CCO2)n1. The number of benzene rings is 2. The highest BCUT2D eigenvalue weighted by Crippen LogP contribution is 2.35. The molecular formula is C22H21N3O6. The van der Waals surface area contributed by atoms with Gasteiger partial charge in [0, 0.05) is 18.2 Å². The van der Waals surface area contributed by atoms with Crippen LogP contribution in [0.4, 0.5) is 0 Å². The number of carbonyl (C=O) groups is 1. The lowest BCUT2D eigenvalue weighted by atomic mass is 10.1. The van der Waals surface area contributed by atoms with Crippen LogP contribution in [-0.2, 0) is 9.53 Å². The smallest absolute Gasteiger partial charge is 0.260 e. The van der Waals surface area contributed by atoms with Crippen LogP contribution in [0.5, 0.6) is 17.2 Å². The summed E-state index contributed by atoms with van der Waals surface area (Å²) in [5, 5.41) is 4.08. The van der Waals surface area contributed by atoms with Crippen molar-refractivity contribution in [1.29, 1.82) is 0 Å². The Hall–Kier alpha value is -3.59. The van der Waals surface area contributed by atoms with E-state index in [-0.39, 0.29) is 19.3 Å². The van der Waals surface area contributed by atoms with Gasteiger partial charge in [-0.05, 0) is 24.6 Å². The number of fused-ring (bicyclic) bond motifs is 1. The van der Waals surface area contributed by atoms with Crippen molar-refractivity contribution < 1.29 is 28.3 Å². The number of rotatable bonds is 5. The Morgan fingerprint density at radius 3 is 2.97 bits per heavy atom. The highest BCUT2D eigenvalue weighted by Gasteiger charge is 2.30. The molecule has 3 heterocycles. The molecule has 9 nitrogen and oxygen atoms in total. The van der Waals surface area contributed by atoms with Crippen LogP contribution in [0, 0.1) is 6.92 Å². The third-order valence-electron chi connectivity index (χ3n) is 5.23. The van der Waals surface area contributed by atoms with Crippen LogP contribution in [0.3, 0.4) is 0 Å². The molecule has 0 saturated carbocycles. The van der Waals surface area contributed by atoms with Crippen LogP contribution in [0.25, 0.3) is 11.4 Å². The minimum Gasteiger partial charge on any atom is -0.484 e. The summed E-state index contributed by atoms with van der Waals surface area (Å²) in [6.45, 7) is 3.25. The molecule has 2 aromatic carbocycles. The minimum atomic E-state index is -0.478. The summed E-state index contributed by atoms with van der Waals surface area (Å²) in [4.78, 5) is 18.8. The average molecular weight is 423 g/mol. The van der Waals surface area contributed by atoms with Crippen molar-refractivity contribution in [2.75, 3.05) is 33.1 Å². The third-order valence-corrected chi connectivity index (χ3v) is 5.23. The van der Waals surface area contributed by atoms with Crippen LogP contribution in [0.2, 0.25) is 0 Å². The molecule has 1 saturated heterocycles. The second-order valence-corrected chi connectivity index (χ2v) is 7.27. The molecule has 0 unspecified atom stereocenters. The second kappa shape index (κ2) is 8.27. The number of amides is 1. The summed E-state index contributed by atoms with van der Waals surface area (Å²) in [5.41, 5.74) is 1.95. The van der Waals surface area contributed by atoms with Gasteiger partial charge < -0.3 is 28.4 Å². The zero-order chi connectivity index (χ0) is 21.2. The molecule has 0 bridgehead atoms. The second-order valence-electron chi connectivity index (χ2n) is 7.27. The maximum atomic E-state index is 12.7. The Morgan fingerprint density at radius 2 is 2.06 bits per heavy atom. The molecule has 0 spiro atoms. The van der Waals surface area contributed by atoms with E-state index in [9.17, 15) is 4.79 Å². The molecule has 31 heavy (non-hydrogen) atoms.